The van der Waals surface area contributed by atoms with Crippen LogP contribution in [0.15, 0.2) is 66.4 Å². The fraction of sp³-hybridized carbons (Fsp3) is 0.167. The molecule has 0 atom stereocenters. The number of hydrogen-bond acceptors (Lipinski definition) is 5. The van der Waals surface area contributed by atoms with E-state index in [0.717, 1.165) is 5.56 Å². The standard InChI is InChI=1S/C18H17NO5/c1-2-17(23-12-14-6-4-3-5-7-14)18(20)24-13-15-8-10-16(11-9-15)19(21)22/h2-11H,12-13H2,1H3/b17-2-. The van der Waals surface area contributed by atoms with Crippen LogP contribution >= 0.6 is 0 Å². The SMILES string of the molecule is C/C=C(\OCc1ccccc1)C(=O)OCc1ccc([N+](=O)[O-])cc1. The summed E-state index contributed by atoms with van der Waals surface area (Å²) in [5.41, 5.74) is 1.60. The van der Waals surface area contributed by atoms with E-state index in [1.165, 1.54) is 12.1 Å². The number of allylic oxidation sites excluding steroid dienone is 1. The lowest BCUT2D eigenvalue weighted by molar-refractivity contribution is -0.384. The highest BCUT2D eigenvalue weighted by Gasteiger charge is 2.13. The average Bonchev–Trinajstić information content (AvgIpc) is 2.61. The molecule has 0 aliphatic carbocycles. The number of benzene rings is 2. The predicted octanol–water partition coefficient (Wildman–Crippen LogP) is 3.76. The number of nitrogens with zero attached hydrogens (tertiary/aromatic N) is 1. The molecular weight excluding hydrogens is 310 g/mol. The first-order chi connectivity index (χ1) is 11.6. The Morgan fingerprint density at radius 1 is 1.00 bits per heavy atom. The van der Waals surface area contributed by atoms with Crippen LogP contribution in [0.2, 0.25) is 0 Å². The van der Waals surface area contributed by atoms with Crippen molar-refractivity contribution >= 4 is 11.7 Å². The number of ether oxygens (including phenoxy) is 2. The second-order valence-electron chi connectivity index (χ2n) is 4.93. The van der Waals surface area contributed by atoms with Gasteiger partial charge >= 0.3 is 5.97 Å². The highest BCUT2D eigenvalue weighted by atomic mass is 16.6. The minimum Gasteiger partial charge on any atom is -0.482 e. The van der Waals surface area contributed by atoms with Crippen LogP contribution in [0.5, 0.6) is 0 Å². The summed E-state index contributed by atoms with van der Waals surface area (Å²) in [5, 5.41) is 10.6. The molecular formula is C18H17NO5. The summed E-state index contributed by atoms with van der Waals surface area (Å²) in [4.78, 5) is 22.1. The van der Waals surface area contributed by atoms with Gasteiger partial charge in [0, 0.05) is 12.1 Å². The quantitative estimate of drug-likeness (QED) is 0.254. The molecule has 0 fully saturated rings. The summed E-state index contributed by atoms with van der Waals surface area (Å²) >= 11 is 0. The second-order valence-corrected chi connectivity index (χ2v) is 4.93. The lowest BCUT2D eigenvalue weighted by Crippen LogP contribution is -2.10. The van der Waals surface area contributed by atoms with Crippen LogP contribution in [0.25, 0.3) is 0 Å². The molecule has 0 spiro atoms. The molecule has 2 aromatic rings. The third kappa shape index (κ3) is 4.95. The van der Waals surface area contributed by atoms with Gasteiger partial charge in [0.25, 0.3) is 5.69 Å². The number of carbonyl (C=O) groups is 1. The van der Waals surface area contributed by atoms with Gasteiger partial charge in [-0.1, -0.05) is 30.3 Å². The Kier molecular flexibility index (Phi) is 6.08. The second kappa shape index (κ2) is 8.47. The van der Waals surface area contributed by atoms with Crippen molar-refractivity contribution in [3.05, 3.63) is 87.7 Å². The summed E-state index contributed by atoms with van der Waals surface area (Å²) in [6.45, 7) is 1.98. The number of hydrogen-bond donors (Lipinski definition) is 0. The van der Waals surface area contributed by atoms with Crippen LogP contribution in [0.1, 0.15) is 18.1 Å². The molecule has 0 unspecified atom stereocenters. The highest BCUT2D eigenvalue weighted by Crippen LogP contribution is 2.14. The van der Waals surface area contributed by atoms with E-state index in [1.807, 2.05) is 30.3 Å². The Hall–Kier alpha value is -3.15. The van der Waals surface area contributed by atoms with E-state index in [4.69, 9.17) is 9.47 Å². The van der Waals surface area contributed by atoms with Crippen molar-refractivity contribution in [3.63, 3.8) is 0 Å². The largest absolute Gasteiger partial charge is 0.482 e. The van der Waals surface area contributed by atoms with Gasteiger partial charge in [0.2, 0.25) is 5.76 Å². The Morgan fingerprint density at radius 3 is 2.17 bits per heavy atom. The Bertz CT molecular complexity index is 723. The molecule has 0 N–H and O–H groups in total. The zero-order valence-corrected chi connectivity index (χ0v) is 13.2. The molecule has 0 amide bonds. The molecule has 0 saturated carbocycles. The normalized spacial score (nSPS) is 11.0. The monoisotopic (exact) mass is 327 g/mol. The van der Waals surface area contributed by atoms with E-state index in [9.17, 15) is 14.9 Å². The third-order valence-electron chi connectivity index (χ3n) is 3.22. The van der Waals surface area contributed by atoms with Gasteiger partial charge in [-0.25, -0.2) is 4.79 Å². The van der Waals surface area contributed by atoms with E-state index in [1.54, 1.807) is 25.1 Å². The maximum atomic E-state index is 12.0. The first-order valence-corrected chi connectivity index (χ1v) is 7.33. The third-order valence-corrected chi connectivity index (χ3v) is 3.22. The Labute approximate surface area is 139 Å². The number of rotatable bonds is 7. The zero-order valence-electron chi connectivity index (χ0n) is 13.2. The van der Waals surface area contributed by atoms with Crippen LogP contribution in [-0.4, -0.2) is 10.9 Å². The van der Waals surface area contributed by atoms with Crippen molar-refractivity contribution in [2.24, 2.45) is 0 Å². The first kappa shape index (κ1) is 17.2. The van der Waals surface area contributed by atoms with Gasteiger partial charge < -0.3 is 9.47 Å². The molecule has 0 heterocycles. The van der Waals surface area contributed by atoms with Gasteiger partial charge in [-0.3, -0.25) is 10.1 Å². The molecule has 2 aromatic carbocycles. The number of non-ortho nitro benzene ring substituents is 1. The van der Waals surface area contributed by atoms with Crippen LogP contribution in [0.4, 0.5) is 5.69 Å². The van der Waals surface area contributed by atoms with Crippen molar-refractivity contribution in [2.45, 2.75) is 20.1 Å². The number of carbonyl (C=O) groups excluding carboxylic acids is 1. The van der Waals surface area contributed by atoms with E-state index in [2.05, 4.69) is 0 Å². The molecule has 0 radical (unpaired) electrons. The van der Waals surface area contributed by atoms with Gasteiger partial charge in [-0.2, -0.15) is 0 Å². The highest BCUT2D eigenvalue weighted by molar-refractivity contribution is 5.86. The van der Waals surface area contributed by atoms with E-state index in [-0.39, 0.29) is 24.7 Å². The van der Waals surface area contributed by atoms with Crippen molar-refractivity contribution in [2.75, 3.05) is 0 Å². The van der Waals surface area contributed by atoms with Gasteiger partial charge in [0.15, 0.2) is 0 Å². The molecule has 6 nitrogen and oxygen atoms in total. The molecule has 6 heteroatoms. The molecule has 124 valence electrons. The van der Waals surface area contributed by atoms with Crippen molar-refractivity contribution in [1.82, 2.24) is 0 Å². The first-order valence-electron chi connectivity index (χ1n) is 7.33. The minimum atomic E-state index is -0.577. The molecule has 0 aromatic heterocycles. The number of esters is 1. The molecule has 0 bridgehead atoms. The Balaban J connectivity index is 1.86. The van der Waals surface area contributed by atoms with Crippen molar-refractivity contribution in [1.29, 1.82) is 0 Å². The molecule has 0 saturated heterocycles. The van der Waals surface area contributed by atoms with Gasteiger partial charge in [0.05, 0.1) is 4.92 Å². The number of nitro benzene ring substituents is 1. The van der Waals surface area contributed by atoms with E-state index < -0.39 is 10.9 Å². The van der Waals surface area contributed by atoms with Crippen LogP contribution in [0, 0.1) is 10.1 Å². The molecule has 0 aliphatic rings. The lowest BCUT2D eigenvalue weighted by atomic mass is 10.2. The zero-order chi connectivity index (χ0) is 17.4. The summed E-state index contributed by atoms with van der Waals surface area (Å²) in [6, 6.07) is 15.3. The Morgan fingerprint density at radius 2 is 1.58 bits per heavy atom. The maximum Gasteiger partial charge on any atom is 0.373 e. The van der Waals surface area contributed by atoms with Crippen LogP contribution in [0.3, 0.4) is 0 Å². The minimum absolute atomic E-state index is 0.00888. The topological polar surface area (TPSA) is 78.7 Å². The predicted molar refractivity (Wildman–Crippen MR) is 87.9 cm³/mol. The number of nitro groups is 1. The lowest BCUT2D eigenvalue weighted by Gasteiger charge is -2.10. The smallest absolute Gasteiger partial charge is 0.373 e. The van der Waals surface area contributed by atoms with Gasteiger partial charge in [0.1, 0.15) is 13.2 Å². The summed E-state index contributed by atoms with van der Waals surface area (Å²) in [6.07, 6.45) is 1.54. The van der Waals surface area contributed by atoms with Gasteiger partial charge in [-0.05, 0) is 36.3 Å². The van der Waals surface area contributed by atoms with Crippen molar-refractivity contribution in [3.8, 4) is 0 Å². The summed E-state index contributed by atoms with van der Waals surface area (Å²) in [7, 11) is 0. The fourth-order valence-electron chi connectivity index (χ4n) is 1.93. The summed E-state index contributed by atoms with van der Waals surface area (Å²) < 4.78 is 10.6. The van der Waals surface area contributed by atoms with Crippen LogP contribution < -0.4 is 0 Å². The average molecular weight is 327 g/mol. The molecule has 2 rings (SSSR count). The van der Waals surface area contributed by atoms with E-state index in [0.29, 0.717) is 5.56 Å². The summed E-state index contributed by atoms with van der Waals surface area (Å²) in [5.74, 6) is -0.451. The molecule has 0 aliphatic heterocycles. The van der Waals surface area contributed by atoms with Crippen molar-refractivity contribution < 1.29 is 19.2 Å². The van der Waals surface area contributed by atoms with Crippen LogP contribution in [-0.2, 0) is 27.5 Å². The molecule has 24 heavy (non-hydrogen) atoms. The fourth-order valence-corrected chi connectivity index (χ4v) is 1.93. The van der Waals surface area contributed by atoms with E-state index >= 15 is 0 Å². The maximum absolute atomic E-state index is 12.0. The van der Waals surface area contributed by atoms with Gasteiger partial charge in [-0.15, -0.1) is 0 Å².